The molecule has 2 atom stereocenters. The van der Waals surface area contributed by atoms with Gasteiger partial charge in [0, 0.05) is 24.3 Å². The summed E-state index contributed by atoms with van der Waals surface area (Å²) in [6.45, 7) is -0.0753. The summed E-state index contributed by atoms with van der Waals surface area (Å²) in [5.41, 5.74) is 1.32. The number of ether oxygens (including phenoxy) is 1. The van der Waals surface area contributed by atoms with E-state index in [-0.39, 0.29) is 47.7 Å². The molecule has 0 bridgehead atoms. The standard InChI is InChI=1S/C28H23N3O9S/c32-22(19(10-14-6-2-1-3-7-14)31-25(34)16-8-4-5-9-17(16)26(31)35)29-12-15-11-18-20(13-40-15)41-24(21(18)27(36)37)30-23(33)28(38)39/h1-9,15,19H,10-13H2,(H,29,32)(H,30,33)(H,36,37)(H,38,39). The summed E-state index contributed by atoms with van der Waals surface area (Å²) in [5.74, 6) is -6.19. The molecule has 2 aromatic carbocycles. The van der Waals surface area contributed by atoms with Gasteiger partial charge in [-0.05, 0) is 23.3 Å². The van der Waals surface area contributed by atoms with Gasteiger partial charge in [0.15, 0.2) is 0 Å². The molecule has 0 spiro atoms. The molecule has 3 aromatic rings. The molecule has 2 aliphatic rings. The first-order valence-electron chi connectivity index (χ1n) is 12.5. The quantitative estimate of drug-likeness (QED) is 0.230. The number of thiophene rings is 1. The molecule has 4 N–H and O–H groups in total. The average Bonchev–Trinajstić information content (AvgIpc) is 3.44. The van der Waals surface area contributed by atoms with Crippen LogP contribution in [0.15, 0.2) is 54.6 Å². The Morgan fingerprint density at radius 1 is 0.976 bits per heavy atom. The van der Waals surface area contributed by atoms with Crippen molar-refractivity contribution in [2.45, 2.75) is 31.6 Å². The number of hydrogen-bond donors (Lipinski definition) is 4. The van der Waals surface area contributed by atoms with E-state index in [1.54, 1.807) is 36.4 Å². The highest BCUT2D eigenvalue weighted by Gasteiger charge is 2.43. The van der Waals surface area contributed by atoms with Gasteiger partial charge >= 0.3 is 17.8 Å². The van der Waals surface area contributed by atoms with Crippen molar-refractivity contribution in [3.05, 3.63) is 87.3 Å². The summed E-state index contributed by atoms with van der Waals surface area (Å²) in [6.07, 6.45) is -0.525. The first-order chi connectivity index (χ1) is 19.7. The van der Waals surface area contributed by atoms with E-state index in [1.807, 2.05) is 6.07 Å². The lowest BCUT2D eigenvalue weighted by Crippen LogP contribution is -2.52. The van der Waals surface area contributed by atoms with Crippen LogP contribution in [0.3, 0.4) is 0 Å². The maximum Gasteiger partial charge on any atom is 0.394 e. The van der Waals surface area contributed by atoms with Crippen LogP contribution in [0.2, 0.25) is 0 Å². The highest BCUT2D eigenvalue weighted by atomic mass is 32.1. The van der Waals surface area contributed by atoms with E-state index >= 15 is 0 Å². The second-order valence-electron chi connectivity index (χ2n) is 9.39. The molecule has 2 aliphatic heterocycles. The Kier molecular flexibility index (Phi) is 7.64. The van der Waals surface area contributed by atoms with E-state index in [2.05, 4.69) is 10.6 Å². The Bertz CT molecular complexity index is 1550. The monoisotopic (exact) mass is 577 g/mol. The van der Waals surface area contributed by atoms with Crippen molar-refractivity contribution < 1.29 is 43.7 Å². The van der Waals surface area contributed by atoms with Crippen LogP contribution in [0, 0.1) is 0 Å². The summed E-state index contributed by atoms with van der Waals surface area (Å²) in [4.78, 5) is 75.9. The molecule has 210 valence electrons. The fraction of sp³-hybridized carbons (Fsp3) is 0.214. The van der Waals surface area contributed by atoms with Crippen molar-refractivity contribution in [1.29, 1.82) is 0 Å². The van der Waals surface area contributed by atoms with Crippen molar-refractivity contribution in [1.82, 2.24) is 10.2 Å². The number of imide groups is 1. The molecule has 2 unspecified atom stereocenters. The van der Waals surface area contributed by atoms with Crippen LogP contribution in [-0.2, 0) is 38.6 Å². The van der Waals surface area contributed by atoms with Gasteiger partial charge in [-0.1, -0.05) is 42.5 Å². The maximum atomic E-state index is 13.5. The van der Waals surface area contributed by atoms with Gasteiger partial charge in [-0.25, -0.2) is 9.59 Å². The van der Waals surface area contributed by atoms with Gasteiger partial charge in [-0.3, -0.25) is 24.1 Å². The Balaban J connectivity index is 1.34. The number of benzene rings is 2. The van der Waals surface area contributed by atoms with Crippen LogP contribution in [0.1, 0.15) is 47.1 Å². The number of anilines is 1. The van der Waals surface area contributed by atoms with Crippen LogP contribution in [0.5, 0.6) is 0 Å². The van der Waals surface area contributed by atoms with E-state index in [1.165, 1.54) is 12.1 Å². The van der Waals surface area contributed by atoms with E-state index in [0.29, 0.717) is 10.4 Å². The first-order valence-corrected chi connectivity index (χ1v) is 13.3. The molecule has 13 heteroatoms. The summed E-state index contributed by atoms with van der Waals surface area (Å²) in [6, 6.07) is 14.2. The molecule has 0 radical (unpaired) electrons. The Morgan fingerprint density at radius 3 is 2.22 bits per heavy atom. The molecule has 0 aliphatic carbocycles. The van der Waals surface area contributed by atoms with E-state index in [9.17, 15) is 33.9 Å². The number of aliphatic carboxylic acids is 1. The largest absolute Gasteiger partial charge is 0.478 e. The lowest BCUT2D eigenvalue weighted by Gasteiger charge is -2.28. The molecule has 4 amide bonds. The maximum absolute atomic E-state index is 13.5. The zero-order chi connectivity index (χ0) is 29.3. The smallest absolute Gasteiger partial charge is 0.394 e. The van der Waals surface area contributed by atoms with Crippen LogP contribution < -0.4 is 10.6 Å². The number of rotatable bonds is 8. The zero-order valence-electron chi connectivity index (χ0n) is 21.3. The van der Waals surface area contributed by atoms with Gasteiger partial charge in [0.1, 0.15) is 11.0 Å². The molecule has 0 saturated carbocycles. The van der Waals surface area contributed by atoms with Crippen molar-refractivity contribution in [2.75, 3.05) is 11.9 Å². The SMILES string of the molecule is O=C(O)C(=O)Nc1sc2c(c1C(=O)O)CC(CNC(=O)C(Cc1ccccc1)N1C(=O)c3ccccc3C1=O)OC2. The third-order valence-electron chi connectivity index (χ3n) is 6.82. The number of fused-ring (bicyclic) bond motifs is 2. The van der Waals surface area contributed by atoms with E-state index < -0.39 is 47.7 Å². The highest BCUT2D eigenvalue weighted by molar-refractivity contribution is 7.17. The molecule has 3 heterocycles. The number of hydrogen-bond acceptors (Lipinski definition) is 8. The summed E-state index contributed by atoms with van der Waals surface area (Å²) in [7, 11) is 0. The number of amides is 4. The molecule has 0 saturated heterocycles. The van der Waals surface area contributed by atoms with Gasteiger partial charge < -0.3 is 25.6 Å². The Labute approximate surface area is 236 Å². The van der Waals surface area contributed by atoms with E-state index in [0.717, 1.165) is 21.8 Å². The number of nitrogens with one attached hydrogen (secondary N) is 2. The number of aromatic carboxylic acids is 1. The zero-order valence-corrected chi connectivity index (χ0v) is 22.1. The number of carbonyl (C=O) groups is 6. The number of carboxylic acid groups (broad SMARTS) is 2. The van der Waals surface area contributed by atoms with Crippen LogP contribution in [0.4, 0.5) is 5.00 Å². The van der Waals surface area contributed by atoms with Crippen LogP contribution in [-0.4, -0.2) is 69.4 Å². The average molecular weight is 578 g/mol. The van der Waals surface area contributed by atoms with Crippen molar-refractivity contribution >= 4 is 51.9 Å². The van der Waals surface area contributed by atoms with Gasteiger partial charge in [0.2, 0.25) is 5.91 Å². The summed E-state index contributed by atoms with van der Waals surface area (Å²) >= 11 is 0.910. The number of carboxylic acids is 2. The molecule has 0 fully saturated rings. The highest BCUT2D eigenvalue weighted by Crippen LogP contribution is 2.38. The first kappa shape index (κ1) is 27.7. The minimum absolute atomic E-state index is 0.0182. The molecular formula is C28H23N3O9S. The fourth-order valence-corrected chi connectivity index (χ4v) is 6.03. The van der Waals surface area contributed by atoms with Gasteiger partial charge in [-0.15, -0.1) is 11.3 Å². The molecule has 12 nitrogen and oxygen atoms in total. The minimum Gasteiger partial charge on any atom is -0.478 e. The molecule has 5 rings (SSSR count). The number of nitrogens with zero attached hydrogens (tertiary/aromatic N) is 1. The fourth-order valence-electron chi connectivity index (χ4n) is 4.89. The van der Waals surface area contributed by atoms with Crippen molar-refractivity contribution in [3.8, 4) is 0 Å². The second-order valence-corrected chi connectivity index (χ2v) is 10.5. The van der Waals surface area contributed by atoms with Gasteiger partial charge in [0.05, 0.1) is 29.4 Å². The number of carbonyl (C=O) groups excluding carboxylic acids is 4. The van der Waals surface area contributed by atoms with Crippen molar-refractivity contribution in [2.24, 2.45) is 0 Å². The predicted octanol–water partition coefficient (Wildman–Crippen LogP) is 1.93. The molecular weight excluding hydrogens is 554 g/mol. The van der Waals surface area contributed by atoms with Crippen molar-refractivity contribution in [3.63, 3.8) is 0 Å². The van der Waals surface area contributed by atoms with Crippen LogP contribution >= 0.6 is 11.3 Å². The third-order valence-corrected chi connectivity index (χ3v) is 7.94. The topological polar surface area (TPSA) is 179 Å². The lowest BCUT2D eigenvalue weighted by atomic mass is 10.00. The second kappa shape index (κ2) is 11.3. The van der Waals surface area contributed by atoms with Gasteiger partial charge in [-0.2, -0.15) is 0 Å². The Hall–Kier alpha value is -4.88. The van der Waals surface area contributed by atoms with Gasteiger partial charge in [0.25, 0.3) is 11.8 Å². The molecule has 41 heavy (non-hydrogen) atoms. The third kappa shape index (κ3) is 5.44. The van der Waals surface area contributed by atoms with E-state index in [4.69, 9.17) is 9.84 Å². The molecule has 1 aromatic heterocycles. The summed E-state index contributed by atoms with van der Waals surface area (Å²) < 4.78 is 5.80. The summed E-state index contributed by atoms with van der Waals surface area (Å²) in [5, 5.41) is 23.4. The Morgan fingerprint density at radius 2 is 1.61 bits per heavy atom. The normalized spacial score (nSPS) is 16.5. The lowest BCUT2D eigenvalue weighted by molar-refractivity contribution is -0.147. The minimum atomic E-state index is -1.76. The van der Waals surface area contributed by atoms with Crippen LogP contribution in [0.25, 0.3) is 0 Å². The predicted molar refractivity (Wildman–Crippen MR) is 144 cm³/mol.